The number of ether oxygens (including phenoxy) is 1. The third-order valence-corrected chi connectivity index (χ3v) is 4.42. The summed E-state index contributed by atoms with van der Waals surface area (Å²) in [4.78, 5) is 18.3. The van der Waals surface area contributed by atoms with Crippen molar-refractivity contribution in [3.8, 4) is 5.75 Å². The standard InChI is InChI=1S/C22H21ClFN3O2/c1-2-27(21-6-4-3-5-20(21)24)22(28)16-13-17(23)15-19(14-16)29-12-11-26-18-7-9-25-10-8-18/h3-10,13-15H,2,11-12H2,1H3,(H,25,26). The summed E-state index contributed by atoms with van der Waals surface area (Å²) in [5, 5.41) is 3.58. The molecular weight excluding hydrogens is 393 g/mol. The molecule has 0 aliphatic rings. The van der Waals surface area contributed by atoms with Gasteiger partial charge in [-0.3, -0.25) is 9.78 Å². The molecule has 0 fully saturated rings. The van der Waals surface area contributed by atoms with Gasteiger partial charge in [0.25, 0.3) is 5.91 Å². The predicted molar refractivity (Wildman–Crippen MR) is 113 cm³/mol. The zero-order valence-corrected chi connectivity index (χ0v) is 16.7. The Hall–Kier alpha value is -3.12. The number of rotatable bonds is 8. The van der Waals surface area contributed by atoms with E-state index in [4.69, 9.17) is 16.3 Å². The lowest BCUT2D eigenvalue weighted by atomic mass is 10.1. The minimum absolute atomic E-state index is 0.226. The molecule has 1 N–H and O–H groups in total. The van der Waals surface area contributed by atoms with Gasteiger partial charge in [-0.25, -0.2) is 4.39 Å². The van der Waals surface area contributed by atoms with Gasteiger partial charge in [0.1, 0.15) is 18.2 Å². The Balaban J connectivity index is 1.69. The van der Waals surface area contributed by atoms with E-state index in [-0.39, 0.29) is 11.6 Å². The highest BCUT2D eigenvalue weighted by Crippen LogP contribution is 2.25. The Morgan fingerprint density at radius 1 is 1.17 bits per heavy atom. The van der Waals surface area contributed by atoms with Gasteiger partial charge in [-0.05, 0) is 49.4 Å². The van der Waals surface area contributed by atoms with E-state index in [2.05, 4.69) is 10.3 Å². The maximum absolute atomic E-state index is 14.2. The van der Waals surface area contributed by atoms with Crippen LogP contribution in [-0.4, -0.2) is 30.6 Å². The number of nitrogens with one attached hydrogen (secondary N) is 1. The SMILES string of the molecule is CCN(C(=O)c1cc(Cl)cc(OCCNc2ccncc2)c1)c1ccccc1F. The number of benzene rings is 2. The second-order valence-corrected chi connectivity index (χ2v) is 6.62. The number of nitrogens with zero attached hydrogens (tertiary/aromatic N) is 2. The van der Waals surface area contributed by atoms with Gasteiger partial charge >= 0.3 is 0 Å². The van der Waals surface area contributed by atoms with Gasteiger partial charge in [0.05, 0.1) is 5.69 Å². The quantitative estimate of drug-likeness (QED) is 0.526. The van der Waals surface area contributed by atoms with Crippen LogP contribution in [0.3, 0.4) is 0 Å². The van der Waals surface area contributed by atoms with Crippen molar-refractivity contribution in [2.45, 2.75) is 6.92 Å². The van der Waals surface area contributed by atoms with Crippen LogP contribution in [0.5, 0.6) is 5.75 Å². The van der Waals surface area contributed by atoms with Crippen molar-refractivity contribution < 1.29 is 13.9 Å². The Bertz CT molecular complexity index is 969. The van der Waals surface area contributed by atoms with Crippen molar-refractivity contribution in [1.82, 2.24) is 4.98 Å². The minimum Gasteiger partial charge on any atom is -0.492 e. The van der Waals surface area contributed by atoms with E-state index < -0.39 is 5.82 Å². The Kier molecular flexibility index (Phi) is 7.03. The van der Waals surface area contributed by atoms with Crippen LogP contribution in [0, 0.1) is 5.82 Å². The number of halogens is 2. The van der Waals surface area contributed by atoms with Crippen LogP contribution in [-0.2, 0) is 0 Å². The number of carbonyl (C=O) groups excluding carboxylic acids is 1. The molecule has 1 amide bonds. The number of pyridine rings is 1. The summed E-state index contributed by atoms with van der Waals surface area (Å²) in [6.07, 6.45) is 3.40. The highest BCUT2D eigenvalue weighted by Gasteiger charge is 2.20. The summed E-state index contributed by atoms with van der Waals surface area (Å²) < 4.78 is 19.9. The molecule has 5 nitrogen and oxygen atoms in total. The lowest BCUT2D eigenvalue weighted by Crippen LogP contribution is -2.31. The maximum Gasteiger partial charge on any atom is 0.258 e. The molecule has 0 saturated heterocycles. The van der Waals surface area contributed by atoms with Crippen molar-refractivity contribution in [3.05, 3.63) is 83.4 Å². The van der Waals surface area contributed by atoms with Crippen LogP contribution < -0.4 is 15.0 Å². The first-order chi connectivity index (χ1) is 14.1. The normalized spacial score (nSPS) is 10.4. The molecule has 150 valence electrons. The molecule has 3 aromatic rings. The molecular formula is C22H21ClFN3O2. The number of amides is 1. The van der Waals surface area contributed by atoms with Crippen LogP contribution in [0.25, 0.3) is 0 Å². The number of hydrogen-bond donors (Lipinski definition) is 1. The molecule has 0 saturated carbocycles. The maximum atomic E-state index is 14.2. The van der Waals surface area contributed by atoms with E-state index >= 15 is 0 Å². The zero-order chi connectivity index (χ0) is 20.6. The van der Waals surface area contributed by atoms with E-state index in [9.17, 15) is 9.18 Å². The molecule has 1 aromatic heterocycles. The average molecular weight is 414 g/mol. The predicted octanol–water partition coefficient (Wildman–Crippen LogP) is 5.03. The van der Waals surface area contributed by atoms with E-state index in [1.165, 1.54) is 11.0 Å². The monoisotopic (exact) mass is 413 g/mol. The second kappa shape index (κ2) is 9.89. The fraction of sp³-hybridized carbons (Fsp3) is 0.182. The lowest BCUT2D eigenvalue weighted by molar-refractivity contribution is 0.0987. The van der Waals surface area contributed by atoms with E-state index in [1.54, 1.807) is 55.7 Å². The number of aromatic nitrogens is 1. The summed E-state index contributed by atoms with van der Waals surface area (Å²) >= 11 is 6.18. The van der Waals surface area contributed by atoms with E-state index in [1.807, 2.05) is 12.1 Å². The van der Waals surface area contributed by atoms with Crippen LogP contribution >= 0.6 is 11.6 Å². The molecule has 1 heterocycles. The van der Waals surface area contributed by atoms with Gasteiger partial charge < -0.3 is 15.0 Å². The van der Waals surface area contributed by atoms with Crippen molar-refractivity contribution in [2.75, 3.05) is 29.9 Å². The first-order valence-corrected chi connectivity index (χ1v) is 9.60. The van der Waals surface area contributed by atoms with E-state index in [0.717, 1.165) is 5.69 Å². The molecule has 3 rings (SSSR count). The van der Waals surface area contributed by atoms with Crippen molar-refractivity contribution in [2.24, 2.45) is 0 Å². The number of anilines is 2. The van der Waals surface area contributed by atoms with E-state index in [0.29, 0.717) is 36.0 Å². The van der Waals surface area contributed by atoms with Gasteiger partial charge in [-0.15, -0.1) is 0 Å². The summed E-state index contributed by atoms with van der Waals surface area (Å²) in [5.41, 5.74) is 1.50. The van der Waals surface area contributed by atoms with Crippen LogP contribution in [0.15, 0.2) is 67.0 Å². The third kappa shape index (κ3) is 5.45. The van der Waals surface area contributed by atoms with Crippen LogP contribution in [0.2, 0.25) is 5.02 Å². The molecule has 0 spiro atoms. The molecule has 0 bridgehead atoms. The summed E-state index contributed by atoms with van der Waals surface area (Å²) in [6.45, 7) is 3.05. The Labute approximate surface area is 174 Å². The molecule has 29 heavy (non-hydrogen) atoms. The first kappa shape index (κ1) is 20.6. The minimum atomic E-state index is -0.455. The number of hydrogen-bond acceptors (Lipinski definition) is 4. The average Bonchev–Trinajstić information content (AvgIpc) is 2.73. The lowest BCUT2D eigenvalue weighted by Gasteiger charge is -2.22. The van der Waals surface area contributed by atoms with Gasteiger partial charge in [0.2, 0.25) is 0 Å². The van der Waals surface area contributed by atoms with Gasteiger partial charge in [0.15, 0.2) is 0 Å². The molecule has 0 aliphatic carbocycles. The molecule has 2 aromatic carbocycles. The number of carbonyl (C=O) groups is 1. The largest absolute Gasteiger partial charge is 0.492 e. The van der Waals surface area contributed by atoms with Gasteiger partial charge in [-0.2, -0.15) is 0 Å². The Morgan fingerprint density at radius 2 is 1.93 bits per heavy atom. The summed E-state index contributed by atoms with van der Waals surface area (Å²) in [6, 6.07) is 14.7. The van der Waals surface area contributed by atoms with Crippen molar-refractivity contribution in [1.29, 1.82) is 0 Å². The zero-order valence-electron chi connectivity index (χ0n) is 15.9. The van der Waals surface area contributed by atoms with Gasteiger partial charge in [0, 0.05) is 41.8 Å². The molecule has 0 aliphatic heterocycles. The molecule has 0 radical (unpaired) electrons. The van der Waals surface area contributed by atoms with Gasteiger partial charge in [-0.1, -0.05) is 23.7 Å². The second-order valence-electron chi connectivity index (χ2n) is 6.19. The van der Waals surface area contributed by atoms with Crippen LogP contribution in [0.4, 0.5) is 15.8 Å². The summed E-state index contributed by atoms with van der Waals surface area (Å²) in [7, 11) is 0. The molecule has 0 unspecified atom stereocenters. The molecule has 0 atom stereocenters. The van der Waals surface area contributed by atoms with Crippen molar-refractivity contribution >= 4 is 28.9 Å². The van der Waals surface area contributed by atoms with Crippen LogP contribution in [0.1, 0.15) is 17.3 Å². The Morgan fingerprint density at radius 3 is 2.66 bits per heavy atom. The third-order valence-electron chi connectivity index (χ3n) is 4.20. The smallest absolute Gasteiger partial charge is 0.258 e. The topological polar surface area (TPSA) is 54.5 Å². The fourth-order valence-electron chi connectivity index (χ4n) is 2.85. The fourth-order valence-corrected chi connectivity index (χ4v) is 3.08. The summed E-state index contributed by atoms with van der Waals surface area (Å²) in [5.74, 6) is -0.329. The first-order valence-electron chi connectivity index (χ1n) is 9.22. The highest BCUT2D eigenvalue weighted by atomic mass is 35.5. The number of para-hydroxylation sites is 1. The molecule has 7 heteroatoms. The van der Waals surface area contributed by atoms with Crippen molar-refractivity contribution in [3.63, 3.8) is 0 Å². The highest BCUT2D eigenvalue weighted by molar-refractivity contribution is 6.31.